The summed E-state index contributed by atoms with van der Waals surface area (Å²) in [7, 11) is 1.69. The van der Waals surface area contributed by atoms with Crippen LogP contribution in [0.3, 0.4) is 0 Å². The second kappa shape index (κ2) is 6.54. The Morgan fingerprint density at radius 3 is 2.88 bits per heavy atom. The topological polar surface area (TPSA) is 61.8 Å². The van der Waals surface area contributed by atoms with E-state index in [4.69, 9.17) is 4.74 Å². The van der Waals surface area contributed by atoms with Gasteiger partial charge in [-0.3, -0.25) is 4.79 Å². The summed E-state index contributed by atoms with van der Waals surface area (Å²) in [5.74, 6) is 0.110. The number of β-amino-alcohol motifs (C(OH)–C–C–N with tert-alkyl or cyclic N) is 1. The van der Waals surface area contributed by atoms with Gasteiger partial charge >= 0.3 is 0 Å². The molecule has 0 bridgehead atoms. The van der Waals surface area contributed by atoms with Crippen LogP contribution in [0.4, 0.5) is 0 Å². The molecule has 0 aromatic rings. The van der Waals surface area contributed by atoms with E-state index in [1.807, 2.05) is 4.90 Å². The van der Waals surface area contributed by atoms with Crippen LogP contribution in [0.5, 0.6) is 0 Å². The third-order valence-corrected chi connectivity index (χ3v) is 3.43. The minimum absolute atomic E-state index is 0. The van der Waals surface area contributed by atoms with Crippen molar-refractivity contribution in [3.63, 3.8) is 0 Å². The van der Waals surface area contributed by atoms with Gasteiger partial charge in [-0.05, 0) is 19.3 Å². The van der Waals surface area contributed by atoms with Gasteiger partial charge < -0.3 is 20.1 Å². The second-order valence-corrected chi connectivity index (χ2v) is 4.63. The van der Waals surface area contributed by atoms with Crippen molar-refractivity contribution in [2.75, 3.05) is 26.7 Å². The van der Waals surface area contributed by atoms with E-state index in [9.17, 15) is 9.90 Å². The molecule has 0 radical (unpaired) electrons. The van der Waals surface area contributed by atoms with Gasteiger partial charge in [-0.15, -0.1) is 12.4 Å². The van der Waals surface area contributed by atoms with E-state index in [2.05, 4.69) is 5.32 Å². The molecule has 2 saturated heterocycles. The van der Waals surface area contributed by atoms with Crippen molar-refractivity contribution in [1.82, 2.24) is 10.2 Å². The minimum atomic E-state index is -0.378. The van der Waals surface area contributed by atoms with Gasteiger partial charge in [0.05, 0.1) is 18.2 Å². The number of nitrogens with zero attached hydrogens (tertiary/aromatic N) is 1. The molecule has 1 amide bonds. The predicted octanol–water partition coefficient (Wildman–Crippen LogP) is -0.232. The number of piperidine rings is 1. The summed E-state index contributed by atoms with van der Waals surface area (Å²) >= 11 is 0. The highest BCUT2D eigenvalue weighted by Gasteiger charge is 2.33. The highest BCUT2D eigenvalue weighted by Crippen LogP contribution is 2.16. The number of aliphatic hydroxyl groups excluding tert-OH is 1. The van der Waals surface area contributed by atoms with Gasteiger partial charge in [-0.25, -0.2) is 0 Å². The van der Waals surface area contributed by atoms with Crippen LogP contribution >= 0.6 is 12.4 Å². The first-order valence-corrected chi connectivity index (χ1v) is 5.93. The minimum Gasteiger partial charge on any atom is -0.392 e. The largest absolute Gasteiger partial charge is 0.392 e. The Labute approximate surface area is 108 Å². The quantitative estimate of drug-likeness (QED) is 0.723. The number of halogens is 1. The number of amides is 1. The molecule has 2 N–H and O–H groups in total. The fourth-order valence-corrected chi connectivity index (χ4v) is 2.46. The Balaban J connectivity index is 0.00000144. The number of ether oxygens (including phenoxy) is 1. The number of hydrogen-bond acceptors (Lipinski definition) is 4. The highest BCUT2D eigenvalue weighted by molar-refractivity contribution is 5.85. The molecule has 3 unspecified atom stereocenters. The van der Waals surface area contributed by atoms with Crippen molar-refractivity contribution in [1.29, 1.82) is 0 Å². The Morgan fingerprint density at radius 2 is 2.29 bits per heavy atom. The fraction of sp³-hybridized carbons (Fsp3) is 0.909. The highest BCUT2D eigenvalue weighted by atomic mass is 35.5. The summed E-state index contributed by atoms with van der Waals surface area (Å²) in [6.45, 7) is 2.02. The summed E-state index contributed by atoms with van der Waals surface area (Å²) < 4.78 is 5.29. The molecule has 2 aliphatic rings. The van der Waals surface area contributed by atoms with Gasteiger partial charge in [0.1, 0.15) is 0 Å². The Bertz CT molecular complexity index is 265. The van der Waals surface area contributed by atoms with Crippen molar-refractivity contribution in [2.24, 2.45) is 0 Å². The summed E-state index contributed by atoms with van der Waals surface area (Å²) in [5, 5.41) is 12.4. The molecule has 0 aromatic carbocycles. The van der Waals surface area contributed by atoms with Crippen LogP contribution in [-0.4, -0.2) is 60.9 Å². The number of carbonyl (C=O) groups excluding carboxylic acids is 1. The molecule has 0 saturated carbocycles. The second-order valence-electron chi connectivity index (χ2n) is 4.63. The molecule has 0 aromatic heterocycles. The van der Waals surface area contributed by atoms with E-state index in [1.54, 1.807) is 7.11 Å². The van der Waals surface area contributed by atoms with Gasteiger partial charge in [0, 0.05) is 26.7 Å². The van der Waals surface area contributed by atoms with Crippen molar-refractivity contribution in [2.45, 2.75) is 37.5 Å². The van der Waals surface area contributed by atoms with E-state index >= 15 is 0 Å². The summed E-state index contributed by atoms with van der Waals surface area (Å²) in [4.78, 5) is 14.0. The first kappa shape index (κ1) is 14.7. The van der Waals surface area contributed by atoms with E-state index in [0.717, 1.165) is 19.4 Å². The van der Waals surface area contributed by atoms with E-state index in [0.29, 0.717) is 19.5 Å². The van der Waals surface area contributed by atoms with Crippen LogP contribution in [0.25, 0.3) is 0 Å². The summed E-state index contributed by atoms with van der Waals surface area (Å²) in [6, 6.07) is -0.203. The zero-order chi connectivity index (χ0) is 11.5. The van der Waals surface area contributed by atoms with Crippen LogP contribution in [-0.2, 0) is 9.53 Å². The lowest BCUT2D eigenvalue weighted by atomic mass is 10.1. The monoisotopic (exact) mass is 264 g/mol. The number of aliphatic hydroxyl groups is 1. The SMILES string of the molecule is COC1CCCN(C(=O)C2CC(O)CN2)C1.Cl. The summed E-state index contributed by atoms with van der Waals surface area (Å²) in [6.07, 6.45) is 2.36. The number of likely N-dealkylation sites (tertiary alicyclic amines) is 1. The van der Waals surface area contributed by atoms with Crippen LogP contribution in [0.15, 0.2) is 0 Å². The molecule has 0 aliphatic carbocycles. The molecule has 2 rings (SSSR count). The van der Waals surface area contributed by atoms with Gasteiger partial charge in [-0.1, -0.05) is 0 Å². The number of hydrogen-bond donors (Lipinski definition) is 2. The maximum atomic E-state index is 12.1. The van der Waals surface area contributed by atoms with E-state index in [1.165, 1.54) is 0 Å². The molecule has 100 valence electrons. The van der Waals surface area contributed by atoms with E-state index in [-0.39, 0.29) is 36.6 Å². The molecule has 2 aliphatic heterocycles. The van der Waals surface area contributed by atoms with Crippen molar-refractivity contribution in [3.8, 4) is 0 Å². The number of nitrogens with one attached hydrogen (secondary N) is 1. The van der Waals surface area contributed by atoms with E-state index < -0.39 is 0 Å². The maximum Gasteiger partial charge on any atom is 0.239 e. The van der Waals surface area contributed by atoms with Gasteiger partial charge in [-0.2, -0.15) is 0 Å². The average molecular weight is 265 g/mol. The normalized spacial score (nSPS) is 33.3. The summed E-state index contributed by atoms with van der Waals surface area (Å²) in [5.41, 5.74) is 0. The number of methoxy groups -OCH3 is 1. The lowest BCUT2D eigenvalue weighted by Gasteiger charge is -2.33. The number of carbonyl (C=O) groups is 1. The van der Waals surface area contributed by atoms with Crippen molar-refractivity contribution >= 4 is 18.3 Å². The fourth-order valence-electron chi connectivity index (χ4n) is 2.46. The standard InChI is InChI=1S/C11H20N2O3.ClH/c1-16-9-3-2-4-13(7-9)11(15)10-5-8(14)6-12-10;/h8-10,12,14H,2-7H2,1H3;1H. The molecule has 0 spiro atoms. The first-order valence-electron chi connectivity index (χ1n) is 5.93. The lowest BCUT2D eigenvalue weighted by Crippen LogP contribution is -2.49. The molecular formula is C11H21ClN2O3. The average Bonchev–Trinajstić information content (AvgIpc) is 2.75. The molecule has 3 atom stereocenters. The Hall–Kier alpha value is -0.360. The molecule has 17 heavy (non-hydrogen) atoms. The molecule has 2 fully saturated rings. The molecule has 2 heterocycles. The molecular weight excluding hydrogens is 244 g/mol. The van der Waals surface area contributed by atoms with Crippen LogP contribution in [0.1, 0.15) is 19.3 Å². The molecule has 6 heteroatoms. The first-order chi connectivity index (χ1) is 7.70. The van der Waals surface area contributed by atoms with Crippen molar-refractivity contribution < 1.29 is 14.6 Å². The van der Waals surface area contributed by atoms with Crippen LogP contribution in [0.2, 0.25) is 0 Å². The third kappa shape index (κ3) is 3.55. The lowest BCUT2D eigenvalue weighted by molar-refractivity contribution is -0.136. The van der Waals surface area contributed by atoms with Gasteiger partial charge in [0.25, 0.3) is 0 Å². The smallest absolute Gasteiger partial charge is 0.239 e. The predicted molar refractivity (Wildman–Crippen MR) is 66.3 cm³/mol. The van der Waals surface area contributed by atoms with Gasteiger partial charge in [0.2, 0.25) is 5.91 Å². The van der Waals surface area contributed by atoms with Crippen LogP contribution < -0.4 is 5.32 Å². The van der Waals surface area contributed by atoms with Gasteiger partial charge in [0.15, 0.2) is 0 Å². The third-order valence-electron chi connectivity index (χ3n) is 3.43. The number of rotatable bonds is 2. The van der Waals surface area contributed by atoms with Crippen LogP contribution in [0, 0.1) is 0 Å². The van der Waals surface area contributed by atoms with Crippen molar-refractivity contribution in [3.05, 3.63) is 0 Å². The maximum absolute atomic E-state index is 12.1. The zero-order valence-corrected chi connectivity index (χ0v) is 10.9. The Kier molecular flexibility index (Phi) is 5.66. The molecule has 5 nitrogen and oxygen atoms in total. The Morgan fingerprint density at radius 1 is 1.53 bits per heavy atom. The zero-order valence-electron chi connectivity index (χ0n) is 10.1.